The molecular formula is C14H7NO3. The summed E-state index contributed by atoms with van der Waals surface area (Å²) in [7, 11) is 0. The molecule has 0 saturated heterocycles. The molecule has 86 valence electrons. The first-order valence-corrected chi connectivity index (χ1v) is 5.55. The third-order valence-corrected chi connectivity index (χ3v) is 3.26. The van der Waals surface area contributed by atoms with E-state index in [2.05, 4.69) is 4.98 Å². The lowest BCUT2D eigenvalue weighted by atomic mass is 10.0. The Morgan fingerprint density at radius 1 is 0.889 bits per heavy atom. The maximum atomic E-state index is 12.0. The zero-order chi connectivity index (χ0) is 12.3. The summed E-state index contributed by atoms with van der Waals surface area (Å²) in [6, 6.07) is 10.4. The third-order valence-electron chi connectivity index (χ3n) is 3.26. The van der Waals surface area contributed by atoms with E-state index >= 15 is 0 Å². The van der Waals surface area contributed by atoms with E-state index < -0.39 is 0 Å². The Bertz CT molecular complexity index is 926. The summed E-state index contributed by atoms with van der Waals surface area (Å²) >= 11 is 0. The number of nitrogens with one attached hydrogen (secondary N) is 1. The van der Waals surface area contributed by atoms with Crippen molar-refractivity contribution in [2.75, 3.05) is 0 Å². The molecule has 4 nitrogen and oxygen atoms in total. The number of aromatic amines is 1. The second kappa shape index (κ2) is 2.98. The molecule has 4 rings (SSSR count). The number of hydrogen-bond donors (Lipinski definition) is 1. The van der Waals surface area contributed by atoms with Crippen molar-refractivity contribution in [1.82, 2.24) is 4.98 Å². The first-order chi connectivity index (χ1) is 8.75. The zero-order valence-corrected chi connectivity index (χ0v) is 9.19. The van der Waals surface area contributed by atoms with Crippen molar-refractivity contribution in [3.05, 3.63) is 57.2 Å². The number of benzene rings is 2. The summed E-state index contributed by atoms with van der Waals surface area (Å²) in [4.78, 5) is 26.6. The van der Waals surface area contributed by atoms with Gasteiger partial charge in [-0.2, -0.15) is 0 Å². The van der Waals surface area contributed by atoms with Gasteiger partial charge in [0.2, 0.25) is 0 Å². The molecule has 1 N–H and O–H groups in total. The minimum atomic E-state index is -0.382. The van der Waals surface area contributed by atoms with Crippen molar-refractivity contribution in [3.8, 4) is 0 Å². The highest BCUT2D eigenvalue weighted by Crippen LogP contribution is 2.28. The van der Waals surface area contributed by atoms with Gasteiger partial charge < -0.3 is 9.40 Å². The van der Waals surface area contributed by atoms with E-state index in [0.29, 0.717) is 27.3 Å². The Morgan fingerprint density at radius 3 is 2.56 bits per heavy atom. The van der Waals surface area contributed by atoms with Gasteiger partial charge in [0.25, 0.3) is 5.56 Å². The van der Waals surface area contributed by atoms with Crippen LogP contribution in [0.2, 0.25) is 0 Å². The van der Waals surface area contributed by atoms with Crippen LogP contribution >= 0.6 is 0 Å². The average Bonchev–Trinajstić information content (AvgIpc) is 2.38. The van der Waals surface area contributed by atoms with Crippen LogP contribution in [-0.2, 0) is 0 Å². The van der Waals surface area contributed by atoms with Gasteiger partial charge in [0, 0.05) is 16.3 Å². The van der Waals surface area contributed by atoms with Crippen molar-refractivity contribution >= 4 is 32.6 Å². The molecule has 0 saturated carbocycles. The molecular weight excluding hydrogens is 230 g/mol. The molecule has 0 fully saturated rings. The number of aromatic nitrogens is 1. The molecule has 2 heterocycles. The Kier molecular flexibility index (Phi) is 1.56. The lowest BCUT2D eigenvalue weighted by Gasteiger charge is -2.07. The minimum absolute atomic E-state index is 0.172. The Labute approximate surface area is 99.8 Å². The quantitative estimate of drug-likeness (QED) is 0.377. The first-order valence-electron chi connectivity index (χ1n) is 5.55. The van der Waals surface area contributed by atoms with Crippen LogP contribution in [0.15, 0.2) is 50.4 Å². The first kappa shape index (κ1) is 9.41. The van der Waals surface area contributed by atoms with Crippen LogP contribution in [0.5, 0.6) is 0 Å². The Morgan fingerprint density at radius 2 is 1.67 bits per heavy atom. The monoisotopic (exact) mass is 237 g/mol. The van der Waals surface area contributed by atoms with Crippen LogP contribution in [0, 0.1) is 0 Å². The van der Waals surface area contributed by atoms with Gasteiger partial charge >= 0.3 is 5.63 Å². The van der Waals surface area contributed by atoms with Crippen LogP contribution in [0.4, 0.5) is 0 Å². The molecule has 2 aromatic heterocycles. The average molecular weight is 237 g/mol. The number of H-pyrrole nitrogens is 1. The summed E-state index contributed by atoms with van der Waals surface area (Å²) in [6.45, 7) is 0. The maximum Gasteiger partial charge on any atom is 0.344 e. The molecule has 4 heteroatoms. The van der Waals surface area contributed by atoms with Gasteiger partial charge in [0.05, 0.1) is 10.8 Å². The molecule has 2 aromatic carbocycles. The summed E-state index contributed by atoms with van der Waals surface area (Å²) in [5.41, 5.74) is 0.559. The van der Waals surface area contributed by atoms with E-state index in [1.807, 2.05) is 0 Å². The lowest BCUT2D eigenvalue weighted by molar-refractivity contribution is 0.570. The summed E-state index contributed by atoms with van der Waals surface area (Å²) < 4.78 is 5.26. The summed E-state index contributed by atoms with van der Waals surface area (Å²) in [6.07, 6.45) is 0. The van der Waals surface area contributed by atoms with Crippen molar-refractivity contribution in [2.45, 2.75) is 0 Å². The molecule has 0 aliphatic heterocycles. The SMILES string of the molecule is O=c1oc2cccc3c(=O)[nH]c4cccc1c4c23. The van der Waals surface area contributed by atoms with E-state index in [1.54, 1.807) is 36.4 Å². The standard InChI is InChI=1S/C14H7NO3/c16-13-7-3-2-6-10-12(7)11-8(14(17)18-10)4-1-5-9(11)15-13/h1-6H,(H,15,16). The number of pyridine rings is 1. The van der Waals surface area contributed by atoms with Gasteiger partial charge in [0.15, 0.2) is 0 Å². The fraction of sp³-hybridized carbons (Fsp3) is 0. The highest BCUT2D eigenvalue weighted by Gasteiger charge is 2.14. The zero-order valence-electron chi connectivity index (χ0n) is 9.19. The molecule has 4 aromatic rings. The molecule has 18 heavy (non-hydrogen) atoms. The van der Waals surface area contributed by atoms with E-state index in [4.69, 9.17) is 4.42 Å². The van der Waals surface area contributed by atoms with E-state index in [9.17, 15) is 9.59 Å². The third kappa shape index (κ3) is 0.996. The molecule has 0 bridgehead atoms. The number of rotatable bonds is 0. The fourth-order valence-corrected chi connectivity index (χ4v) is 2.50. The van der Waals surface area contributed by atoms with E-state index in [-0.39, 0.29) is 11.2 Å². The van der Waals surface area contributed by atoms with Crippen LogP contribution in [-0.4, -0.2) is 4.98 Å². The van der Waals surface area contributed by atoms with Gasteiger partial charge in [-0.3, -0.25) is 4.79 Å². The largest absolute Gasteiger partial charge is 0.422 e. The second-order valence-electron chi connectivity index (χ2n) is 4.25. The molecule has 0 spiro atoms. The van der Waals surface area contributed by atoms with Crippen molar-refractivity contribution in [3.63, 3.8) is 0 Å². The molecule has 0 radical (unpaired) electrons. The smallest absolute Gasteiger partial charge is 0.344 e. The highest BCUT2D eigenvalue weighted by molar-refractivity contribution is 6.19. The van der Waals surface area contributed by atoms with E-state index in [1.165, 1.54) is 0 Å². The van der Waals surface area contributed by atoms with E-state index in [0.717, 1.165) is 5.39 Å². The second-order valence-corrected chi connectivity index (χ2v) is 4.25. The molecule has 0 aliphatic rings. The topological polar surface area (TPSA) is 63.1 Å². The van der Waals surface area contributed by atoms with Gasteiger partial charge in [-0.25, -0.2) is 4.79 Å². The van der Waals surface area contributed by atoms with Crippen LogP contribution < -0.4 is 11.2 Å². The highest BCUT2D eigenvalue weighted by atomic mass is 16.4. The molecule has 0 unspecified atom stereocenters. The Balaban J connectivity index is 2.60. The predicted molar refractivity (Wildman–Crippen MR) is 69.3 cm³/mol. The van der Waals surface area contributed by atoms with Crippen molar-refractivity contribution in [2.24, 2.45) is 0 Å². The minimum Gasteiger partial charge on any atom is -0.422 e. The van der Waals surface area contributed by atoms with Crippen molar-refractivity contribution in [1.29, 1.82) is 0 Å². The predicted octanol–water partition coefficient (Wildman–Crippen LogP) is 2.23. The number of hydrogen-bond acceptors (Lipinski definition) is 3. The summed E-state index contributed by atoms with van der Waals surface area (Å²) in [5, 5.41) is 2.51. The van der Waals surface area contributed by atoms with Gasteiger partial charge in [-0.1, -0.05) is 12.1 Å². The normalized spacial score (nSPS) is 11.8. The van der Waals surface area contributed by atoms with Gasteiger partial charge in [-0.05, 0) is 24.3 Å². The van der Waals surface area contributed by atoms with Gasteiger partial charge in [0.1, 0.15) is 5.58 Å². The van der Waals surface area contributed by atoms with Gasteiger partial charge in [-0.15, -0.1) is 0 Å². The molecule has 0 atom stereocenters. The van der Waals surface area contributed by atoms with Crippen LogP contribution in [0.1, 0.15) is 0 Å². The van der Waals surface area contributed by atoms with Crippen molar-refractivity contribution < 1.29 is 4.42 Å². The lowest BCUT2D eigenvalue weighted by Crippen LogP contribution is -2.09. The molecule has 0 amide bonds. The molecule has 0 aliphatic carbocycles. The Hall–Kier alpha value is -2.62. The fourth-order valence-electron chi connectivity index (χ4n) is 2.50. The summed E-state index contributed by atoms with van der Waals surface area (Å²) in [5.74, 6) is 0. The van der Waals surface area contributed by atoms with Crippen LogP contribution in [0.3, 0.4) is 0 Å². The maximum absolute atomic E-state index is 12.0. The van der Waals surface area contributed by atoms with Crippen LogP contribution in [0.25, 0.3) is 32.6 Å².